The first kappa shape index (κ1) is 13.9. The van der Waals surface area contributed by atoms with Gasteiger partial charge in [0.2, 0.25) is 17.7 Å². The fourth-order valence-corrected chi connectivity index (χ4v) is 2.58. The summed E-state index contributed by atoms with van der Waals surface area (Å²) in [5.41, 5.74) is 0. The van der Waals surface area contributed by atoms with Gasteiger partial charge in [0.1, 0.15) is 0 Å². The molecule has 4 rings (SSSR count). The van der Waals surface area contributed by atoms with Gasteiger partial charge in [0.15, 0.2) is 5.76 Å². The molecule has 4 heterocycles. The summed E-state index contributed by atoms with van der Waals surface area (Å²) in [5, 5.41) is 3.95. The zero-order chi connectivity index (χ0) is 15.5. The van der Waals surface area contributed by atoms with Gasteiger partial charge in [-0.05, 0) is 18.2 Å². The summed E-state index contributed by atoms with van der Waals surface area (Å²) < 4.78 is 10.6. The van der Waals surface area contributed by atoms with E-state index in [2.05, 4.69) is 29.9 Å². The summed E-state index contributed by atoms with van der Waals surface area (Å²) in [6, 6.07) is 5.44. The lowest BCUT2D eigenvalue weighted by Crippen LogP contribution is -2.46. The molecule has 0 atom stereocenters. The van der Waals surface area contributed by atoms with Gasteiger partial charge in [0.25, 0.3) is 0 Å². The van der Waals surface area contributed by atoms with Crippen LogP contribution in [0.4, 0.5) is 5.95 Å². The normalized spacial score (nSPS) is 15.9. The Bertz CT molecular complexity index is 734. The first-order valence-corrected chi connectivity index (χ1v) is 7.49. The molecule has 8 nitrogen and oxygen atoms in total. The maximum atomic E-state index is 5.30. The smallest absolute Gasteiger partial charge is 0.241 e. The average Bonchev–Trinajstić information content (AvgIpc) is 3.28. The van der Waals surface area contributed by atoms with Crippen LogP contribution in [0.15, 0.2) is 45.8 Å². The summed E-state index contributed by atoms with van der Waals surface area (Å²) in [6.07, 6.45) is 5.13. The van der Waals surface area contributed by atoms with Crippen LogP contribution >= 0.6 is 0 Å². The molecule has 0 aliphatic carbocycles. The lowest BCUT2D eigenvalue weighted by atomic mass is 10.3. The van der Waals surface area contributed by atoms with E-state index in [4.69, 9.17) is 8.94 Å². The minimum Gasteiger partial charge on any atom is -0.461 e. The van der Waals surface area contributed by atoms with Crippen LogP contribution in [0.3, 0.4) is 0 Å². The molecule has 3 aromatic rings. The van der Waals surface area contributed by atoms with Crippen molar-refractivity contribution in [3.8, 4) is 11.6 Å². The molecule has 0 radical (unpaired) electrons. The molecule has 0 bridgehead atoms. The number of anilines is 1. The maximum Gasteiger partial charge on any atom is 0.241 e. The van der Waals surface area contributed by atoms with Gasteiger partial charge in [-0.1, -0.05) is 5.16 Å². The third kappa shape index (κ3) is 3.07. The van der Waals surface area contributed by atoms with E-state index >= 15 is 0 Å². The second kappa shape index (κ2) is 6.17. The molecule has 0 aromatic carbocycles. The summed E-state index contributed by atoms with van der Waals surface area (Å²) in [7, 11) is 0. The molecule has 8 heteroatoms. The van der Waals surface area contributed by atoms with Crippen LogP contribution in [-0.2, 0) is 6.54 Å². The van der Waals surface area contributed by atoms with Gasteiger partial charge in [0, 0.05) is 38.6 Å². The van der Waals surface area contributed by atoms with Gasteiger partial charge in [-0.2, -0.15) is 4.98 Å². The van der Waals surface area contributed by atoms with Gasteiger partial charge in [-0.3, -0.25) is 4.90 Å². The Morgan fingerprint density at radius 2 is 1.87 bits per heavy atom. The first-order chi connectivity index (χ1) is 11.4. The van der Waals surface area contributed by atoms with Crippen LogP contribution < -0.4 is 4.90 Å². The number of piperazine rings is 1. The second-order valence-electron chi connectivity index (χ2n) is 5.30. The maximum absolute atomic E-state index is 5.30. The third-order valence-electron chi connectivity index (χ3n) is 3.78. The van der Waals surface area contributed by atoms with Crippen molar-refractivity contribution in [2.45, 2.75) is 6.54 Å². The highest BCUT2D eigenvalue weighted by Gasteiger charge is 2.21. The largest absolute Gasteiger partial charge is 0.461 e. The van der Waals surface area contributed by atoms with Crippen molar-refractivity contribution in [1.29, 1.82) is 0 Å². The quantitative estimate of drug-likeness (QED) is 0.715. The Hall–Kier alpha value is -2.74. The number of nitrogens with zero attached hydrogens (tertiary/aromatic N) is 6. The van der Waals surface area contributed by atoms with E-state index in [1.54, 1.807) is 24.7 Å². The van der Waals surface area contributed by atoms with E-state index < -0.39 is 0 Å². The van der Waals surface area contributed by atoms with Crippen molar-refractivity contribution >= 4 is 5.95 Å². The molecule has 0 unspecified atom stereocenters. The highest BCUT2D eigenvalue weighted by atomic mass is 16.5. The van der Waals surface area contributed by atoms with Crippen LogP contribution in [0.1, 0.15) is 5.89 Å². The molecule has 0 saturated carbocycles. The van der Waals surface area contributed by atoms with Crippen molar-refractivity contribution in [2.24, 2.45) is 0 Å². The topological polar surface area (TPSA) is 84.3 Å². The minimum atomic E-state index is 0.487. The van der Waals surface area contributed by atoms with Crippen molar-refractivity contribution in [2.75, 3.05) is 31.1 Å². The molecule has 1 aliphatic rings. The molecule has 1 saturated heterocycles. The van der Waals surface area contributed by atoms with E-state index in [-0.39, 0.29) is 0 Å². The standard InChI is InChI=1S/C15H16N6O2/c1-3-12(22-10-1)14-18-13(23-19-14)11-20-6-8-21(9-7-20)15-16-4-2-5-17-15/h1-5,10H,6-9,11H2. The zero-order valence-electron chi connectivity index (χ0n) is 12.5. The summed E-state index contributed by atoms with van der Waals surface area (Å²) >= 11 is 0. The summed E-state index contributed by atoms with van der Waals surface area (Å²) in [4.78, 5) is 17.4. The molecule has 3 aromatic heterocycles. The minimum absolute atomic E-state index is 0.487. The van der Waals surface area contributed by atoms with Crippen LogP contribution in [0.2, 0.25) is 0 Å². The van der Waals surface area contributed by atoms with Crippen molar-refractivity contribution in [3.05, 3.63) is 42.7 Å². The van der Waals surface area contributed by atoms with Crippen LogP contribution in [0.25, 0.3) is 11.6 Å². The van der Waals surface area contributed by atoms with Gasteiger partial charge >= 0.3 is 0 Å². The van der Waals surface area contributed by atoms with E-state index in [0.29, 0.717) is 24.0 Å². The van der Waals surface area contributed by atoms with Gasteiger partial charge in [0.05, 0.1) is 12.8 Å². The predicted molar refractivity (Wildman–Crippen MR) is 81.5 cm³/mol. The Kier molecular flexibility index (Phi) is 3.73. The Balaban J connectivity index is 1.35. The van der Waals surface area contributed by atoms with Crippen molar-refractivity contribution in [1.82, 2.24) is 25.0 Å². The number of rotatable bonds is 4. The second-order valence-corrected chi connectivity index (χ2v) is 5.30. The van der Waals surface area contributed by atoms with Crippen LogP contribution in [0, 0.1) is 0 Å². The lowest BCUT2D eigenvalue weighted by Gasteiger charge is -2.33. The molecule has 1 aliphatic heterocycles. The number of hydrogen-bond donors (Lipinski definition) is 0. The molecule has 23 heavy (non-hydrogen) atoms. The predicted octanol–water partition coefficient (Wildman–Crippen LogP) is 1.44. The van der Waals surface area contributed by atoms with Gasteiger partial charge < -0.3 is 13.8 Å². The highest BCUT2D eigenvalue weighted by Crippen LogP contribution is 2.17. The highest BCUT2D eigenvalue weighted by molar-refractivity contribution is 5.44. The molecule has 1 fully saturated rings. The van der Waals surface area contributed by atoms with E-state index in [9.17, 15) is 0 Å². The molecule has 118 valence electrons. The van der Waals surface area contributed by atoms with E-state index in [1.807, 2.05) is 12.1 Å². The van der Waals surface area contributed by atoms with Crippen LogP contribution in [0.5, 0.6) is 0 Å². The first-order valence-electron chi connectivity index (χ1n) is 7.49. The number of aromatic nitrogens is 4. The molecule has 0 amide bonds. The summed E-state index contributed by atoms with van der Waals surface area (Å²) in [6.45, 7) is 4.19. The molecule has 0 N–H and O–H groups in total. The monoisotopic (exact) mass is 312 g/mol. The Labute approximate surface area is 132 Å². The fourth-order valence-electron chi connectivity index (χ4n) is 2.58. The SMILES string of the molecule is c1cnc(N2CCN(Cc3nc(-c4ccco4)no3)CC2)nc1. The molecular formula is C15H16N6O2. The zero-order valence-corrected chi connectivity index (χ0v) is 12.5. The number of hydrogen-bond acceptors (Lipinski definition) is 8. The number of furan rings is 1. The van der Waals surface area contributed by atoms with E-state index in [0.717, 1.165) is 32.1 Å². The van der Waals surface area contributed by atoms with Crippen LogP contribution in [-0.4, -0.2) is 51.2 Å². The average molecular weight is 312 g/mol. The van der Waals surface area contributed by atoms with E-state index in [1.165, 1.54) is 0 Å². The van der Waals surface area contributed by atoms with Gasteiger partial charge in [-0.25, -0.2) is 9.97 Å². The molecule has 0 spiro atoms. The van der Waals surface area contributed by atoms with Crippen molar-refractivity contribution < 1.29 is 8.94 Å². The van der Waals surface area contributed by atoms with Gasteiger partial charge in [-0.15, -0.1) is 0 Å². The Morgan fingerprint density at radius 3 is 2.61 bits per heavy atom. The summed E-state index contributed by atoms with van der Waals surface area (Å²) in [5.74, 6) is 2.48. The molecular weight excluding hydrogens is 296 g/mol. The van der Waals surface area contributed by atoms with Crippen molar-refractivity contribution in [3.63, 3.8) is 0 Å². The lowest BCUT2D eigenvalue weighted by molar-refractivity contribution is 0.214. The fraction of sp³-hybridized carbons (Fsp3) is 0.333. The Morgan fingerprint density at radius 1 is 1.04 bits per heavy atom. The third-order valence-corrected chi connectivity index (χ3v) is 3.78.